The molecule has 8 heteroatoms. The van der Waals surface area contributed by atoms with E-state index in [0.29, 0.717) is 18.3 Å². The lowest BCUT2D eigenvalue weighted by molar-refractivity contribution is -0.126. The second-order valence-corrected chi connectivity index (χ2v) is 5.76. The van der Waals surface area contributed by atoms with Crippen LogP contribution in [0.3, 0.4) is 0 Å². The molecule has 1 aliphatic heterocycles. The summed E-state index contributed by atoms with van der Waals surface area (Å²) >= 11 is 0.560. The van der Waals surface area contributed by atoms with Crippen LogP contribution < -0.4 is 10.6 Å². The maximum absolute atomic E-state index is 14.2. The number of amides is 1. The number of carbonyl (C=O) groups is 1. The first-order chi connectivity index (χ1) is 9.80. The number of halogens is 4. The maximum Gasteiger partial charge on any atom is 0.398 e. The molecule has 3 nitrogen and oxygen atoms in total. The highest BCUT2D eigenvalue weighted by Gasteiger charge is 2.41. The number of nitrogens with one attached hydrogen (secondary N) is 2. The topological polar surface area (TPSA) is 41.1 Å². The standard InChI is InChI=1S/C13H14F4N2OS/c14-12(5-6-18-7-12)11(20)19-9-3-1-2-4-10(9)21-8-13(15,16)17/h1-4,18H,5-8H2,(H,19,20)/t12-/m1/s1. The molecule has 1 fully saturated rings. The lowest BCUT2D eigenvalue weighted by Gasteiger charge is -2.19. The van der Waals surface area contributed by atoms with Crippen LogP contribution in [-0.2, 0) is 4.79 Å². The number of alkyl halides is 4. The van der Waals surface area contributed by atoms with Gasteiger partial charge in [-0.3, -0.25) is 4.79 Å². The van der Waals surface area contributed by atoms with Gasteiger partial charge in [0.2, 0.25) is 5.67 Å². The summed E-state index contributed by atoms with van der Waals surface area (Å²) in [5.41, 5.74) is -1.82. The Bertz CT molecular complexity index is 515. The fraction of sp³-hybridized carbons (Fsp3) is 0.462. The van der Waals surface area contributed by atoms with Crippen LogP contribution in [0.25, 0.3) is 0 Å². The van der Waals surface area contributed by atoms with Gasteiger partial charge in [-0.05, 0) is 18.7 Å². The van der Waals surface area contributed by atoms with E-state index in [0.717, 1.165) is 0 Å². The molecule has 2 N–H and O–H groups in total. The summed E-state index contributed by atoms with van der Waals surface area (Å²) in [7, 11) is 0. The van der Waals surface area contributed by atoms with Crippen LogP contribution in [0.1, 0.15) is 6.42 Å². The van der Waals surface area contributed by atoms with Crippen molar-refractivity contribution in [2.45, 2.75) is 23.2 Å². The molecule has 0 aromatic heterocycles. The number of thioether (sulfide) groups is 1. The monoisotopic (exact) mass is 322 g/mol. The van der Waals surface area contributed by atoms with Crippen molar-refractivity contribution in [2.75, 3.05) is 24.2 Å². The number of hydrogen-bond acceptors (Lipinski definition) is 3. The fourth-order valence-corrected chi connectivity index (χ4v) is 2.71. The average molecular weight is 322 g/mol. The van der Waals surface area contributed by atoms with E-state index in [2.05, 4.69) is 10.6 Å². The van der Waals surface area contributed by atoms with Gasteiger partial charge in [-0.1, -0.05) is 12.1 Å². The Labute approximate surface area is 123 Å². The molecule has 0 saturated carbocycles. The second kappa shape index (κ2) is 6.23. The Kier molecular flexibility index (Phi) is 4.77. The first-order valence-corrected chi connectivity index (χ1v) is 7.28. The molecule has 1 aromatic rings. The van der Waals surface area contributed by atoms with Crippen molar-refractivity contribution in [1.29, 1.82) is 0 Å². The van der Waals surface area contributed by atoms with Gasteiger partial charge in [0, 0.05) is 17.9 Å². The van der Waals surface area contributed by atoms with Gasteiger partial charge in [-0.25, -0.2) is 4.39 Å². The van der Waals surface area contributed by atoms with E-state index in [-0.39, 0.29) is 23.5 Å². The van der Waals surface area contributed by atoms with Crippen LogP contribution in [0.4, 0.5) is 23.2 Å². The molecular weight excluding hydrogens is 308 g/mol. The molecule has 21 heavy (non-hydrogen) atoms. The third-order valence-corrected chi connectivity index (χ3v) is 4.18. The number of para-hydroxylation sites is 1. The summed E-state index contributed by atoms with van der Waals surface area (Å²) < 4.78 is 51.0. The number of rotatable bonds is 4. The Morgan fingerprint density at radius 1 is 1.38 bits per heavy atom. The average Bonchev–Trinajstić information content (AvgIpc) is 2.85. The summed E-state index contributed by atoms with van der Waals surface area (Å²) in [6.45, 7) is 0.311. The molecule has 1 atom stereocenters. The number of carbonyl (C=O) groups excluding carboxylic acids is 1. The molecule has 1 amide bonds. The molecule has 116 valence electrons. The minimum absolute atomic E-state index is 0.0523. The van der Waals surface area contributed by atoms with Gasteiger partial charge in [0.05, 0.1) is 11.4 Å². The van der Waals surface area contributed by atoms with E-state index in [1.54, 1.807) is 12.1 Å². The number of anilines is 1. The summed E-state index contributed by atoms with van der Waals surface area (Å²) in [5.74, 6) is -1.89. The van der Waals surface area contributed by atoms with Gasteiger partial charge in [0.1, 0.15) is 0 Å². The predicted octanol–water partition coefficient (Wildman–Crippen LogP) is 2.98. The van der Waals surface area contributed by atoms with Crippen molar-refractivity contribution in [3.63, 3.8) is 0 Å². The first-order valence-electron chi connectivity index (χ1n) is 6.30. The van der Waals surface area contributed by atoms with Gasteiger partial charge in [-0.15, -0.1) is 11.8 Å². The molecule has 1 aromatic carbocycles. The van der Waals surface area contributed by atoms with Gasteiger partial charge in [0.15, 0.2) is 0 Å². The number of benzene rings is 1. The lowest BCUT2D eigenvalue weighted by Crippen LogP contribution is -2.40. The SMILES string of the molecule is O=C(Nc1ccccc1SCC(F)(F)F)[C@@]1(F)CCNC1. The summed E-state index contributed by atoms with van der Waals surface area (Å²) in [6, 6.07) is 6.06. The fourth-order valence-electron chi connectivity index (χ4n) is 1.94. The zero-order valence-electron chi connectivity index (χ0n) is 11.0. The molecular formula is C13H14F4N2OS. The van der Waals surface area contributed by atoms with Crippen LogP contribution >= 0.6 is 11.8 Å². The van der Waals surface area contributed by atoms with E-state index >= 15 is 0 Å². The molecule has 0 spiro atoms. The van der Waals surface area contributed by atoms with Crippen LogP contribution in [0, 0.1) is 0 Å². The highest BCUT2D eigenvalue weighted by Crippen LogP contribution is 2.33. The van der Waals surface area contributed by atoms with Crippen LogP contribution in [0.2, 0.25) is 0 Å². The van der Waals surface area contributed by atoms with Gasteiger partial charge in [-0.2, -0.15) is 13.2 Å². The smallest absolute Gasteiger partial charge is 0.322 e. The highest BCUT2D eigenvalue weighted by molar-refractivity contribution is 7.99. The minimum atomic E-state index is -4.31. The van der Waals surface area contributed by atoms with Crippen molar-refractivity contribution >= 4 is 23.4 Å². The van der Waals surface area contributed by atoms with Crippen molar-refractivity contribution in [3.05, 3.63) is 24.3 Å². The van der Waals surface area contributed by atoms with Crippen LogP contribution in [-0.4, -0.2) is 36.6 Å². The van der Waals surface area contributed by atoms with E-state index in [4.69, 9.17) is 0 Å². The van der Waals surface area contributed by atoms with Crippen molar-refractivity contribution in [2.24, 2.45) is 0 Å². The third-order valence-electron chi connectivity index (χ3n) is 3.04. The Balaban J connectivity index is 2.07. The van der Waals surface area contributed by atoms with Crippen LogP contribution in [0.5, 0.6) is 0 Å². The predicted molar refractivity (Wildman–Crippen MR) is 73.2 cm³/mol. The van der Waals surface area contributed by atoms with E-state index < -0.39 is 23.5 Å². The molecule has 0 aliphatic carbocycles. The Morgan fingerprint density at radius 3 is 2.71 bits per heavy atom. The van der Waals surface area contributed by atoms with Gasteiger partial charge < -0.3 is 10.6 Å². The summed E-state index contributed by atoms with van der Waals surface area (Å²) in [4.78, 5) is 12.2. The third kappa shape index (κ3) is 4.34. The normalized spacial score (nSPS) is 22.3. The second-order valence-electron chi connectivity index (χ2n) is 4.75. The Hall–Kier alpha value is -1.28. The molecule has 1 heterocycles. The molecule has 0 bridgehead atoms. The molecule has 2 rings (SSSR count). The van der Waals surface area contributed by atoms with E-state index in [1.807, 2.05) is 0 Å². The summed E-state index contributed by atoms with van der Waals surface area (Å²) in [5, 5.41) is 5.14. The van der Waals surface area contributed by atoms with Gasteiger partial charge in [0.25, 0.3) is 5.91 Å². The maximum atomic E-state index is 14.2. The van der Waals surface area contributed by atoms with Crippen molar-refractivity contribution in [1.82, 2.24) is 5.32 Å². The molecule has 0 radical (unpaired) electrons. The molecule has 0 unspecified atom stereocenters. The number of hydrogen-bond donors (Lipinski definition) is 2. The molecule has 1 aliphatic rings. The highest BCUT2D eigenvalue weighted by atomic mass is 32.2. The van der Waals surface area contributed by atoms with Crippen molar-refractivity contribution in [3.8, 4) is 0 Å². The first kappa shape index (κ1) is 16.1. The van der Waals surface area contributed by atoms with Crippen molar-refractivity contribution < 1.29 is 22.4 Å². The van der Waals surface area contributed by atoms with E-state index in [9.17, 15) is 22.4 Å². The zero-order valence-corrected chi connectivity index (χ0v) is 11.8. The van der Waals surface area contributed by atoms with Gasteiger partial charge >= 0.3 is 6.18 Å². The Morgan fingerprint density at radius 2 is 2.10 bits per heavy atom. The van der Waals surface area contributed by atoms with E-state index in [1.165, 1.54) is 12.1 Å². The summed E-state index contributed by atoms with van der Waals surface area (Å²) in [6.07, 6.45) is -4.25. The van der Waals surface area contributed by atoms with Crippen LogP contribution in [0.15, 0.2) is 29.2 Å². The largest absolute Gasteiger partial charge is 0.398 e. The quantitative estimate of drug-likeness (QED) is 0.661. The zero-order chi connectivity index (χ0) is 15.5. The lowest BCUT2D eigenvalue weighted by atomic mass is 10.0. The minimum Gasteiger partial charge on any atom is -0.322 e. The molecule has 1 saturated heterocycles.